The van der Waals surface area contributed by atoms with E-state index in [-0.39, 0.29) is 17.8 Å². The Morgan fingerprint density at radius 2 is 1.62 bits per heavy atom. The highest BCUT2D eigenvalue weighted by molar-refractivity contribution is 5.82. The fourth-order valence-electron chi connectivity index (χ4n) is 5.99. The molecular weight excluding hydrogens is 266 g/mol. The second kappa shape index (κ2) is 4.02. The van der Waals surface area contributed by atoms with Crippen LogP contribution in [-0.2, 0) is 9.59 Å². The van der Waals surface area contributed by atoms with Crippen LogP contribution in [0, 0.1) is 47.3 Å². The van der Waals surface area contributed by atoms with Gasteiger partial charge in [-0.1, -0.05) is 0 Å². The van der Waals surface area contributed by atoms with Gasteiger partial charge in [-0.3, -0.25) is 9.59 Å². The van der Waals surface area contributed by atoms with E-state index in [1.165, 1.54) is 12.8 Å². The third kappa shape index (κ3) is 1.74. The molecule has 0 aromatic rings. The molecule has 1 N–H and O–H groups in total. The van der Waals surface area contributed by atoms with E-state index in [1.807, 2.05) is 4.90 Å². The van der Waals surface area contributed by atoms with Gasteiger partial charge in [0, 0.05) is 19.0 Å². The number of fused-ring (bicyclic) bond motifs is 5. The SMILES string of the molecule is O=C(O)[C@@H]1CN(C(=O)C2CC3CC2C2CC32)C[C@H]1C1CC1. The van der Waals surface area contributed by atoms with Gasteiger partial charge in [-0.15, -0.1) is 0 Å². The van der Waals surface area contributed by atoms with Crippen molar-refractivity contribution in [3.05, 3.63) is 0 Å². The van der Waals surface area contributed by atoms with E-state index < -0.39 is 5.97 Å². The third-order valence-electron chi connectivity index (χ3n) is 7.23. The fraction of sp³-hybridized carbons (Fsp3) is 0.882. The minimum atomic E-state index is -0.697. The van der Waals surface area contributed by atoms with Gasteiger partial charge in [-0.25, -0.2) is 0 Å². The standard InChI is InChI=1S/C17H23NO3/c19-16(13-4-9-3-11(13)12-5-10(9)12)18-6-14(8-1-2-8)15(7-18)17(20)21/h8-15H,1-7H2,(H,20,21)/t9?,10?,11?,12?,13?,14-,15+/m0/s1. The van der Waals surface area contributed by atoms with Gasteiger partial charge in [-0.2, -0.15) is 0 Å². The first-order chi connectivity index (χ1) is 10.1. The molecular formula is C17H23NO3. The largest absolute Gasteiger partial charge is 0.481 e. The first-order valence-electron chi connectivity index (χ1n) is 8.65. The van der Waals surface area contributed by atoms with Crippen molar-refractivity contribution in [2.24, 2.45) is 47.3 Å². The number of carbonyl (C=O) groups excluding carboxylic acids is 1. The number of hydrogen-bond acceptors (Lipinski definition) is 2. The average molecular weight is 289 g/mol. The number of carboxylic acid groups (broad SMARTS) is 1. The van der Waals surface area contributed by atoms with E-state index in [1.54, 1.807) is 0 Å². The molecule has 4 heteroatoms. The minimum Gasteiger partial charge on any atom is -0.481 e. The molecule has 5 unspecified atom stereocenters. The lowest BCUT2D eigenvalue weighted by atomic mass is 9.87. The van der Waals surface area contributed by atoms with E-state index in [0.29, 0.717) is 30.8 Å². The van der Waals surface area contributed by atoms with E-state index >= 15 is 0 Å². The van der Waals surface area contributed by atoms with E-state index in [2.05, 4.69) is 0 Å². The van der Waals surface area contributed by atoms with Crippen molar-refractivity contribution in [1.29, 1.82) is 0 Å². The van der Waals surface area contributed by atoms with Gasteiger partial charge in [0.15, 0.2) is 0 Å². The average Bonchev–Trinajstić information content (AvgIpc) is 3.37. The van der Waals surface area contributed by atoms with Crippen LogP contribution in [0.2, 0.25) is 0 Å². The molecule has 0 spiro atoms. The lowest BCUT2D eigenvalue weighted by Crippen LogP contribution is -2.38. The molecule has 21 heavy (non-hydrogen) atoms. The summed E-state index contributed by atoms with van der Waals surface area (Å²) in [6, 6.07) is 0. The smallest absolute Gasteiger partial charge is 0.308 e. The Bertz CT molecular complexity index is 514. The van der Waals surface area contributed by atoms with E-state index in [9.17, 15) is 14.7 Å². The number of nitrogens with zero attached hydrogens (tertiary/aromatic N) is 1. The Balaban J connectivity index is 1.32. The molecule has 1 heterocycles. The molecule has 114 valence electrons. The van der Waals surface area contributed by atoms with Gasteiger partial charge in [-0.05, 0) is 67.6 Å². The Morgan fingerprint density at radius 3 is 2.24 bits per heavy atom. The van der Waals surface area contributed by atoms with Crippen molar-refractivity contribution in [2.45, 2.75) is 32.1 Å². The van der Waals surface area contributed by atoms with Crippen molar-refractivity contribution >= 4 is 11.9 Å². The molecule has 4 aliphatic carbocycles. The topological polar surface area (TPSA) is 57.6 Å². The summed E-state index contributed by atoms with van der Waals surface area (Å²) in [5, 5.41) is 9.44. The van der Waals surface area contributed by atoms with Gasteiger partial charge in [0.05, 0.1) is 5.92 Å². The summed E-state index contributed by atoms with van der Waals surface area (Å²) in [5.74, 6) is 3.54. The van der Waals surface area contributed by atoms with Crippen LogP contribution in [-0.4, -0.2) is 35.0 Å². The second-order valence-electron chi connectivity index (χ2n) is 8.25. The molecule has 5 fully saturated rings. The number of aliphatic carboxylic acids is 1. The zero-order valence-electron chi connectivity index (χ0n) is 12.3. The summed E-state index contributed by atoms with van der Waals surface area (Å²) in [7, 11) is 0. The van der Waals surface area contributed by atoms with Crippen LogP contribution in [0.15, 0.2) is 0 Å². The monoisotopic (exact) mass is 289 g/mol. The van der Waals surface area contributed by atoms with Crippen molar-refractivity contribution in [3.63, 3.8) is 0 Å². The summed E-state index contributed by atoms with van der Waals surface area (Å²) in [4.78, 5) is 26.3. The molecule has 0 aromatic heterocycles. The van der Waals surface area contributed by atoms with Crippen LogP contribution < -0.4 is 0 Å². The van der Waals surface area contributed by atoms with Gasteiger partial charge < -0.3 is 10.0 Å². The predicted molar refractivity (Wildman–Crippen MR) is 75.2 cm³/mol. The highest BCUT2D eigenvalue weighted by Crippen LogP contribution is 2.67. The maximum atomic E-state index is 12.9. The molecule has 1 aliphatic heterocycles. The van der Waals surface area contributed by atoms with Crippen molar-refractivity contribution in [3.8, 4) is 0 Å². The van der Waals surface area contributed by atoms with Crippen molar-refractivity contribution in [1.82, 2.24) is 4.90 Å². The number of rotatable bonds is 3. The van der Waals surface area contributed by atoms with Crippen molar-refractivity contribution < 1.29 is 14.7 Å². The Hall–Kier alpha value is -1.06. The highest BCUT2D eigenvalue weighted by atomic mass is 16.4. The molecule has 0 aromatic carbocycles. The molecule has 5 aliphatic rings. The lowest BCUT2D eigenvalue weighted by molar-refractivity contribution is -0.143. The summed E-state index contributed by atoms with van der Waals surface area (Å²) in [6.45, 7) is 1.18. The quantitative estimate of drug-likeness (QED) is 0.862. The molecule has 5 rings (SSSR count). The first kappa shape index (κ1) is 12.5. The number of likely N-dealkylation sites (tertiary alicyclic amines) is 1. The molecule has 1 amide bonds. The van der Waals surface area contributed by atoms with Crippen LogP contribution in [0.4, 0.5) is 0 Å². The van der Waals surface area contributed by atoms with Gasteiger partial charge >= 0.3 is 5.97 Å². The van der Waals surface area contributed by atoms with E-state index in [4.69, 9.17) is 0 Å². The molecule has 4 nitrogen and oxygen atoms in total. The predicted octanol–water partition coefficient (Wildman–Crippen LogP) is 1.85. The van der Waals surface area contributed by atoms with Gasteiger partial charge in [0.1, 0.15) is 0 Å². The maximum absolute atomic E-state index is 12.9. The molecule has 2 bridgehead atoms. The lowest BCUT2D eigenvalue weighted by Gasteiger charge is -2.26. The summed E-state index contributed by atoms with van der Waals surface area (Å²) < 4.78 is 0. The fourth-order valence-corrected chi connectivity index (χ4v) is 5.99. The second-order valence-corrected chi connectivity index (χ2v) is 8.25. The van der Waals surface area contributed by atoms with Crippen LogP contribution in [0.1, 0.15) is 32.1 Å². The van der Waals surface area contributed by atoms with E-state index in [0.717, 1.165) is 37.0 Å². The third-order valence-corrected chi connectivity index (χ3v) is 7.23. The molecule has 1 saturated heterocycles. The summed E-state index contributed by atoms with van der Waals surface area (Å²) >= 11 is 0. The molecule has 4 saturated carbocycles. The maximum Gasteiger partial charge on any atom is 0.308 e. The number of carboxylic acids is 1. The Kier molecular flexibility index (Phi) is 2.39. The Morgan fingerprint density at radius 1 is 0.810 bits per heavy atom. The van der Waals surface area contributed by atoms with Gasteiger partial charge in [0.2, 0.25) is 5.91 Å². The van der Waals surface area contributed by atoms with Crippen LogP contribution in [0.25, 0.3) is 0 Å². The van der Waals surface area contributed by atoms with Crippen LogP contribution >= 0.6 is 0 Å². The highest BCUT2D eigenvalue weighted by Gasteiger charge is 2.63. The number of hydrogen-bond donors (Lipinski definition) is 1. The first-order valence-corrected chi connectivity index (χ1v) is 8.65. The zero-order chi connectivity index (χ0) is 14.3. The minimum absolute atomic E-state index is 0.221. The number of carbonyl (C=O) groups is 2. The summed E-state index contributed by atoms with van der Waals surface area (Å²) in [5.41, 5.74) is 0. The van der Waals surface area contributed by atoms with Gasteiger partial charge in [0.25, 0.3) is 0 Å². The van der Waals surface area contributed by atoms with Crippen LogP contribution in [0.5, 0.6) is 0 Å². The Labute approximate surface area is 124 Å². The van der Waals surface area contributed by atoms with Crippen LogP contribution in [0.3, 0.4) is 0 Å². The number of amides is 1. The summed E-state index contributed by atoms with van der Waals surface area (Å²) in [6.07, 6.45) is 6.05. The van der Waals surface area contributed by atoms with Crippen molar-refractivity contribution in [2.75, 3.05) is 13.1 Å². The molecule has 7 atom stereocenters. The zero-order valence-corrected chi connectivity index (χ0v) is 12.3. The normalized spacial score (nSPS) is 50.3. The molecule has 0 radical (unpaired) electrons.